The van der Waals surface area contributed by atoms with E-state index in [0.717, 1.165) is 17.9 Å². The Kier molecular flexibility index (Phi) is 9.46. The van der Waals surface area contributed by atoms with Crippen LogP contribution in [0.3, 0.4) is 0 Å². The number of aliphatic carboxylic acids is 1. The van der Waals surface area contributed by atoms with Gasteiger partial charge in [0.2, 0.25) is 0 Å². The molecule has 0 aromatic heterocycles. The summed E-state index contributed by atoms with van der Waals surface area (Å²) >= 11 is 1.72. The van der Waals surface area contributed by atoms with Gasteiger partial charge in [-0.3, -0.25) is 0 Å². The zero-order chi connectivity index (χ0) is 15.6. The van der Waals surface area contributed by atoms with E-state index >= 15 is 0 Å². The quantitative estimate of drug-likeness (QED) is 0.639. The SMILES string of the molecule is CCCCCSCCC(NC(=O)OC(C)(C)C)C(=O)O. The van der Waals surface area contributed by atoms with Gasteiger partial charge in [0.25, 0.3) is 0 Å². The molecule has 0 spiro atoms. The predicted octanol–water partition coefficient (Wildman–Crippen LogP) is 3.28. The third-order valence-corrected chi connectivity index (χ3v) is 3.53. The Hall–Kier alpha value is -0.910. The van der Waals surface area contributed by atoms with E-state index < -0.39 is 23.7 Å². The van der Waals surface area contributed by atoms with Crippen molar-refractivity contribution in [3.05, 3.63) is 0 Å². The first-order valence-corrected chi connectivity index (χ1v) is 8.21. The summed E-state index contributed by atoms with van der Waals surface area (Å²) in [5.74, 6) is 0.730. The maximum Gasteiger partial charge on any atom is 0.408 e. The number of carbonyl (C=O) groups is 2. The van der Waals surface area contributed by atoms with E-state index in [1.54, 1.807) is 32.5 Å². The smallest absolute Gasteiger partial charge is 0.408 e. The molecule has 0 rings (SSSR count). The van der Waals surface area contributed by atoms with E-state index in [0.29, 0.717) is 6.42 Å². The highest BCUT2D eigenvalue weighted by Gasteiger charge is 2.23. The molecule has 0 aromatic rings. The molecule has 0 aliphatic heterocycles. The largest absolute Gasteiger partial charge is 0.480 e. The number of carboxylic acid groups (broad SMARTS) is 1. The van der Waals surface area contributed by atoms with Crippen LogP contribution in [0.25, 0.3) is 0 Å². The highest BCUT2D eigenvalue weighted by Crippen LogP contribution is 2.11. The second-order valence-electron chi connectivity index (χ2n) is 5.65. The average Bonchev–Trinajstić information content (AvgIpc) is 2.29. The first-order chi connectivity index (χ1) is 9.26. The van der Waals surface area contributed by atoms with Gasteiger partial charge in [0.05, 0.1) is 0 Å². The summed E-state index contributed by atoms with van der Waals surface area (Å²) in [6, 6.07) is -0.886. The predicted molar refractivity (Wildman–Crippen MR) is 82.3 cm³/mol. The lowest BCUT2D eigenvalue weighted by Gasteiger charge is -2.21. The zero-order valence-electron chi connectivity index (χ0n) is 12.9. The van der Waals surface area contributed by atoms with Gasteiger partial charge >= 0.3 is 12.1 Å². The fourth-order valence-corrected chi connectivity index (χ4v) is 2.48. The Bertz CT molecular complexity index is 302. The van der Waals surface area contributed by atoms with Crippen LogP contribution in [0.1, 0.15) is 53.4 Å². The van der Waals surface area contributed by atoms with Crippen molar-refractivity contribution in [3.8, 4) is 0 Å². The molecule has 0 aliphatic rings. The molecular weight excluding hydrogens is 278 g/mol. The second-order valence-corrected chi connectivity index (χ2v) is 6.87. The summed E-state index contributed by atoms with van der Waals surface area (Å²) in [4.78, 5) is 22.6. The molecule has 0 fully saturated rings. The first-order valence-electron chi connectivity index (χ1n) is 7.06. The van der Waals surface area contributed by atoms with Crippen molar-refractivity contribution in [2.24, 2.45) is 0 Å². The van der Waals surface area contributed by atoms with Crippen LogP contribution in [0.15, 0.2) is 0 Å². The number of unbranched alkanes of at least 4 members (excludes halogenated alkanes) is 2. The summed E-state index contributed by atoms with van der Waals surface area (Å²) in [6.45, 7) is 7.37. The van der Waals surface area contributed by atoms with Crippen LogP contribution in [0, 0.1) is 0 Å². The van der Waals surface area contributed by atoms with Crippen LogP contribution in [0.5, 0.6) is 0 Å². The monoisotopic (exact) mass is 305 g/mol. The number of alkyl carbamates (subject to hydrolysis) is 1. The highest BCUT2D eigenvalue weighted by molar-refractivity contribution is 7.99. The normalized spacial score (nSPS) is 12.8. The summed E-state index contributed by atoms with van der Waals surface area (Å²) in [5.41, 5.74) is -0.623. The number of amides is 1. The molecule has 1 amide bonds. The lowest BCUT2D eigenvalue weighted by Crippen LogP contribution is -2.43. The van der Waals surface area contributed by atoms with E-state index in [4.69, 9.17) is 9.84 Å². The molecule has 0 radical (unpaired) electrons. The number of carboxylic acids is 1. The molecule has 5 nitrogen and oxygen atoms in total. The molecule has 118 valence electrons. The summed E-state index contributed by atoms with van der Waals surface area (Å²) in [5, 5.41) is 11.5. The number of rotatable bonds is 9. The van der Waals surface area contributed by atoms with Crippen LogP contribution in [-0.2, 0) is 9.53 Å². The van der Waals surface area contributed by atoms with Crippen LogP contribution >= 0.6 is 11.8 Å². The molecule has 0 saturated heterocycles. The van der Waals surface area contributed by atoms with E-state index in [2.05, 4.69) is 12.2 Å². The third kappa shape index (κ3) is 11.0. The van der Waals surface area contributed by atoms with Gasteiger partial charge in [0, 0.05) is 0 Å². The molecule has 6 heteroatoms. The number of hydrogen-bond acceptors (Lipinski definition) is 4. The molecule has 0 bridgehead atoms. The summed E-state index contributed by atoms with van der Waals surface area (Å²) < 4.78 is 5.06. The lowest BCUT2D eigenvalue weighted by atomic mass is 10.2. The molecule has 0 saturated carbocycles. The average molecular weight is 305 g/mol. The Morgan fingerprint density at radius 1 is 1.25 bits per heavy atom. The van der Waals surface area contributed by atoms with E-state index in [1.807, 2.05) is 0 Å². The van der Waals surface area contributed by atoms with Gasteiger partial charge < -0.3 is 15.2 Å². The first kappa shape index (κ1) is 19.1. The highest BCUT2D eigenvalue weighted by atomic mass is 32.2. The Morgan fingerprint density at radius 2 is 1.90 bits per heavy atom. The minimum absolute atomic E-state index is 0.408. The van der Waals surface area contributed by atoms with E-state index in [9.17, 15) is 9.59 Å². The minimum atomic E-state index is -1.02. The third-order valence-electron chi connectivity index (χ3n) is 2.43. The van der Waals surface area contributed by atoms with Crippen molar-refractivity contribution in [2.75, 3.05) is 11.5 Å². The number of nitrogens with one attached hydrogen (secondary N) is 1. The van der Waals surface area contributed by atoms with Crippen molar-refractivity contribution >= 4 is 23.8 Å². The van der Waals surface area contributed by atoms with Gasteiger partial charge in [-0.15, -0.1) is 0 Å². The van der Waals surface area contributed by atoms with Gasteiger partial charge in [0.15, 0.2) is 0 Å². The number of ether oxygens (including phenoxy) is 1. The van der Waals surface area contributed by atoms with Crippen LogP contribution in [0.2, 0.25) is 0 Å². The van der Waals surface area contributed by atoms with Crippen molar-refractivity contribution in [3.63, 3.8) is 0 Å². The summed E-state index contributed by atoms with van der Waals surface area (Å²) in [7, 11) is 0. The molecule has 2 N–H and O–H groups in total. The number of thioether (sulfide) groups is 1. The van der Waals surface area contributed by atoms with Crippen LogP contribution in [0.4, 0.5) is 4.79 Å². The van der Waals surface area contributed by atoms with Crippen molar-refractivity contribution in [1.29, 1.82) is 0 Å². The molecule has 0 aliphatic carbocycles. The zero-order valence-corrected chi connectivity index (χ0v) is 13.7. The number of carbonyl (C=O) groups excluding carboxylic acids is 1. The second kappa shape index (κ2) is 9.91. The fraction of sp³-hybridized carbons (Fsp3) is 0.857. The Balaban J connectivity index is 3.99. The van der Waals surface area contributed by atoms with Gasteiger partial charge in [-0.1, -0.05) is 19.8 Å². The van der Waals surface area contributed by atoms with Crippen LogP contribution in [-0.4, -0.2) is 40.3 Å². The fourth-order valence-electron chi connectivity index (χ4n) is 1.46. The number of hydrogen-bond donors (Lipinski definition) is 2. The lowest BCUT2D eigenvalue weighted by molar-refractivity contribution is -0.139. The van der Waals surface area contributed by atoms with Crippen molar-refractivity contribution < 1.29 is 19.4 Å². The van der Waals surface area contributed by atoms with Gasteiger partial charge in [-0.25, -0.2) is 9.59 Å². The minimum Gasteiger partial charge on any atom is -0.480 e. The van der Waals surface area contributed by atoms with E-state index in [1.165, 1.54) is 12.8 Å². The molecule has 0 heterocycles. The Labute approximate surface area is 125 Å². The van der Waals surface area contributed by atoms with E-state index in [-0.39, 0.29) is 0 Å². The maximum atomic E-state index is 11.5. The van der Waals surface area contributed by atoms with Crippen molar-refractivity contribution in [1.82, 2.24) is 5.32 Å². The van der Waals surface area contributed by atoms with Gasteiger partial charge in [-0.2, -0.15) is 11.8 Å². The maximum absolute atomic E-state index is 11.5. The molecule has 1 atom stereocenters. The molecule has 0 aromatic carbocycles. The van der Waals surface area contributed by atoms with Gasteiger partial charge in [-0.05, 0) is 45.1 Å². The molecular formula is C14H27NO4S. The standard InChI is InChI=1S/C14H27NO4S/c1-5-6-7-9-20-10-8-11(12(16)17)15-13(18)19-14(2,3)4/h11H,5-10H2,1-4H3,(H,15,18)(H,16,17). The molecule has 1 unspecified atom stereocenters. The van der Waals surface area contributed by atoms with Gasteiger partial charge in [0.1, 0.15) is 11.6 Å². The van der Waals surface area contributed by atoms with Crippen LogP contribution < -0.4 is 5.32 Å². The summed E-state index contributed by atoms with van der Waals surface area (Å²) in [6.07, 6.45) is 3.26. The topological polar surface area (TPSA) is 75.6 Å². The molecule has 20 heavy (non-hydrogen) atoms. The van der Waals surface area contributed by atoms with Crippen molar-refractivity contribution in [2.45, 2.75) is 65.0 Å². The Morgan fingerprint density at radius 3 is 2.40 bits per heavy atom.